The highest BCUT2D eigenvalue weighted by Crippen LogP contribution is 2.39. The fraction of sp³-hybridized carbons (Fsp3) is 0.429. The fourth-order valence-electron chi connectivity index (χ4n) is 3.85. The zero-order valence-electron chi connectivity index (χ0n) is 15.7. The predicted octanol–water partition coefficient (Wildman–Crippen LogP) is 0.966. The molecule has 0 saturated carbocycles. The van der Waals surface area contributed by atoms with E-state index in [4.69, 9.17) is 0 Å². The van der Waals surface area contributed by atoms with Crippen molar-refractivity contribution in [3.63, 3.8) is 0 Å². The van der Waals surface area contributed by atoms with Gasteiger partial charge >= 0.3 is 0 Å². The van der Waals surface area contributed by atoms with Gasteiger partial charge in [-0.15, -0.1) is 0 Å². The molecule has 0 bridgehead atoms. The smallest absolute Gasteiger partial charge is 0.0689 e. The van der Waals surface area contributed by atoms with Crippen LogP contribution in [-0.4, -0.2) is 30.6 Å². The van der Waals surface area contributed by atoms with E-state index in [1.54, 1.807) is 24.3 Å². The zero-order valence-corrected chi connectivity index (χ0v) is 15.7. The highest BCUT2D eigenvalue weighted by molar-refractivity contribution is 5.52. The minimum atomic E-state index is -0.675. The first-order valence-corrected chi connectivity index (χ1v) is 8.84. The third-order valence-electron chi connectivity index (χ3n) is 5.38. The summed E-state index contributed by atoms with van der Waals surface area (Å²) in [5.74, 6) is 0. The molecule has 0 fully saturated rings. The Kier molecular flexibility index (Phi) is 7.11. The van der Waals surface area contributed by atoms with Crippen LogP contribution in [-0.2, 0) is 45.1 Å². The van der Waals surface area contributed by atoms with Crippen LogP contribution in [0.2, 0.25) is 0 Å². The maximum atomic E-state index is 9.95. The lowest BCUT2D eigenvalue weighted by Gasteiger charge is -2.33. The molecule has 2 rings (SSSR count). The number of benzene rings is 2. The quantitative estimate of drug-likeness (QED) is 0.408. The summed E-state index contributed by atoms with van der Waals surface area (Å²) < 4.78 is 0. The highest BCUT2D eigenvalue weighted by atomic mass is 16.3. The first kappa shape index (κ1) is 21.5. The Balaban J connectivity index is 2.76. The Morgan fingerprint density at radius 1 is 0.519 bits per heavy atom. The van der Waals surface area contributed by atoms with Gasteiger partial charge in [-0.1, -0.05) is 38.1 Å². The first-order valence-electron chi connectivity index (χ1n) is 8.84. The molecule has 0 spiro atoms. The van der Waals surface area contributed by atoms with Crippen molar-refractivity contribution in [3.05, 3.63) is 68.8 Å². The Bertz CT molecular complexity index is 732. The molecular formula is C21H28O6. The Morgan fingerprint density at radius 3 is 1.11 bits per heavy atom. The first-order chi connectivity index (χ1) is 12.9. The molecule has 0 aliphatic heterocycles. The third-order valence-corrected chi connectivity index (χ3v) is 5.38. The van der Waals surface area contributed by atoms with E-state index in [1.807, 2.05) is 13.8 Å². The number of hydrogen-bond acceptors (Lipinski definition) is 6. The molecule has 0 heterocycles. The molecule has 0 saturated heterocycles. The van der Waals surface area contributed by atoms with Crippen LogP contribution in [0.4, 0.5) is 0 Å². The van der Waals surface area contributed by atoms with E-state index in [0.717, 1.165) is 11.1 Å². The van der Waals surface area contributed by atoms with Crippen LogP contribution in [0.1, 0.15) is 58.4 Å². The Labute approximate surface area is 159 Å². The summed E-state index contributed by atoms with van der Waals surface area (Å²) in [7, 11) is 0. The molecule has 0 aliphatic carbocycles. The predicted molar refractivity (Wildman–Crippen MR) is 101 cm³/mol. The zero-order chi connectivity index (χ0) is 20.2. The van der Waals surface area contributed by atoms with Crippen molar-refractivity contribution in [2.45, 2.75) is 58.9 Å². The van der Waals surface area contributed by atoms with Crippen LogP contribution >= 0.6 is 0 Å². The minimum Gasteiger partial charge on any atom is -0.392 e. The summed E-state index contributed by atoms with van der Waals surface area (Å²) in [6, 6.07) is 7.04. The number of hydrogen-bond donors (Lipinski definition) is 6. The summed E-state index contributed by atoms with van der Waals surface area (Å²) in [6.07, 6.45) is 0. The molecule has 0 aromatic heterocycles. The standard InChI is InChI=1S/C21H28O6/c1-21(2,19-5-3-13(7-22)15(9-24)17(19)11-26)20-6-4-14(8-23)16(10-25)18(20)12-27/h3-6,22-27H,7-12H2,1-2H3. The van der Waals surface area contributed by atoms with E-state index in [0.29, 0.717) is 33.4 Å². The number of aliphatic hydroxyl groups is 6. The topological polar surface area (TPSA) is 121 Å². The van der Waals surface area contributed by atoms with Crippen molar-refractivity contribution in [1.82, 2.24) is 0 Å². The van der Waals surface area contributed by atoms with Gasteiger partial charge < -0.3 is 30.6 Å². The van der Waals surface area contributed by atoms with E-state index in [9.17, 15) is 30.6 Å². The summed E-state index contributed by atoms with van der Waals surface area (Å²) >= 11 is 0. The molecule has 2 aromatic carbocycles. The van der Waals surface area contributed by atoms with Crippen LogP contribution in [0.15, 0.2) is 24.3 Å². The lowest BCUT2D eigenvalue weighted by atomic mass is 9.72. The molecule has 0 atom stereocenters. The fourth-order valence-corrected chi connectivity index (χ4v) is 3.85. The molecule has 0 aliphatic rings. The van der Waals surface area contributed by atoms with Gasteiger partial charge in [0.2, 0.25) is 0 Å². The monoisotopic (exact) mass is 376 g/mol. The molecule has 6 heteroatoms. The SMILES string of the molecule is CC(C)(c1ccc(CO)c(CO)c1CO)c1ccc(CO)c(CO)c1CO. The van der Waals surface area contributed by atoms with Crippen LogP contribution in [0.5, 0.6) is 0 Å². The maximum Gasteiger partial charge on any atom is 0.0689 e. The van der Waals surface area contributed by atoms with Gasteiger partial charge in [-0.2, -0.15) is 0 Å². The van der Waals surface area contributed by atoms with E-state index in [1.165, 1.54) is 0 Å². The van der Waals surface area contributed by atoms with E-state index < -0.39 is 5.41 Å². The Hall–Kier alpha value is -1.80. The van der Waals surface area contributed by atoms with Crippen molar-refractivity contribution in [2.75, 3.05) is 0 Å². The highest BCUT2D eigenvalue weighted by Gasteiger charge is 2.31. The largest absolute Gasteiger partial charge is 0.392 e. The summed E-state index contributed by atoms with van der Waals surface area (Å²) in [5, 5.41) is 58.4. The molecule has 2 aromatic rings. The van der Waals surface area contributed by atoms with Gasteiger partial charge in [0.05, 0.1) is 39.6 Å². The number of aliphatic hydroxyl groups excluding tert-OH is 6. The summed E-state index contributed by atoms with van der Waals surface area (Å²) in [6.45, 7) is 2.13. The van der Waals surface area contributed by atoms with Crippen LogP contribution in [0.25, 0.3) is 0 Å². The van der Waals surface area contributed by atoms with Crippen LogP contribution in [0, 0.1) is 0 Å². The molecule has 0 amide bonds. The van der Waals surface area contributed by atoms with Crippen molar-refractivity contribution in [2.24, 2.45) is 0 Å². The van der Waals surface area contributed by atoms with Crippen LogP contribution < -0.4 is 0 Å². The number of rotatable bonds is 8. The van der Waals surface area contributed by atoms with Gasteiger partial charge in [-0.05, 0) is 44.5 Å². The minimum absolute atomic E-state index is 0.245. The molecule has 27 heavy (non-hydrogen) atoms. The molecule has 0 radical (unpaired) electrons. The average molecular weight is 376 g/mol. The lowest BCUT2D eigenvalue weighted by Crippen LogP contribution is -2.25. The van der Waals surface area contributed by atoms with Crippen LogP contribution in [0.3, 0.4) is 0 Å². The second-order valence-electron chi connectivity index (χ2n) is 7.03. The molecule has 6 nitrogen and oxygen atoms in total. The van der Waals surface area contributed by atoms with E-state index in [-0.39, 0.29) is 39.6 Å². The normalized spacial score (nSPS) is 11.9. The van der Waals surface area contributed by atoms with Crippen molar-refractivity contribution < 1.29 is 30.6 Å². The van der Waals surface area contributed by atoms with E-state index >= 15 is 0 Å². The second-order valence-corrected chi connectivity index (χ2v) is 7.03. The summed E-state index contributed by atoms with van der Waals surface area (Å²) in [5.41, 5.74) is 3.99. The second kappa shape index (κ2) is 8.93. The van der Waals surface area contributed by atoms with Gasteiger partial charge in [-0.3, -0.25) is 0 Å². The summed E-state index contributed by atoms with van der Waals surface area (Å²) in [4.78, 5) is 0. The van der Waals surface area contributed by atoms with E-state index in [2.05, 4.69) is 0 Å². The molecule has 148 valence electrons. The maximum absolute atomic E-state index is 9.95. The van der Waals surface area contributed by atoms with Gasteiger partial charge in [-0.25, -0.2) is 0 Å². The van der Waals surface area contributed by atoms with Gasteiger partial charge in [0.15, 0.2) is 0 Å². The van der Waals surface area contributed by atoms with Gasteiger partial charge in [0, 0.05) is 5.41 Å². The molecule has 0 unspecified atom stereocenters. The van der Waals surface area contributed by atoms with Crippen molar-refractivity contribution in [3.8, 4) is 0 Å². The Morgan fingerprint density at radius 2 is 0.852 bits per heavy atom. The molecule has 6 N–H and O–H groups in total. The van der Waals surface area contributed by atoms with Crippen molar-refractivity contribution in [1.29, 1.82) is 0 Å². The van der Waals surface area contributed by atoms with Gasteiger partial charge in [0.25, 0.3) is 0 Å². The lowest BCUT2D eigenvalue weighted by molar-refractivity contribution is 0.244. The van der Waals surface area contributed by atoms with Gasteiger partial charge in [0.1, 0.15) is 0 Å². The van der Waals surface area contributed by atoms with Crippen molar-refractivity contribution >= 4 is 0 Å². The average Bonchev–Trinajstić information content (AvgIpc) is 2.70. The third kappa shape index (κ3) is 3.78. The molecular weight excluding hydrogens is 348 g/mol.